The molecule has 2 N–H and O–H groups in total. The summed E-state index contributed by atoms with van der Waals surface area (Å²) in [6.45, 7) is 0. The first-order valence-electron chi connectivity index (χ1n) is 5.92. The second-order valence-corrected chi connectivity index (χ2v) is 4.73. The molecule has 0 fully saturated rings. The number of hydrogen-bond donors (Lipinski definition) is 1. The second kappa shape index (κ2) is 5.79. The van der Waals surface area contributed by atoms with Crippen LogP contribution in [0.2, 0.25) is 0 Å². The molecular formula is C15H13FN2OS. The third-order valence-corrected chi connectivity index (χ3v) is 3.13. The number of nitrogens with zero attached hydrogens (tertiary/aromatic N) is 1. The molecule has 3 nitrogen and oxygen atoms in total. The summed E-state index contributed by atoms with van der Waals surface area (Å²) in [6.07, 6.45) is 0. The van der Waals surface area contributed by atoms with Crippen LogP contribution in [0.3, 0.4) is 0 Å². The molecule has 2 aromatic carbocycles. The number of anilines is 1. The van der Waals surface area contributed by atoms with Crippen molar-refractivity contribution in [3.05, 3.63) is 65.5 Å². The molecule has 0 saturated heterocycles. The molecular weight excluding hydrogens is 275 g/mol. The van der Waals surface area contributed by atoms with Crippen LogP contribution in [0, 0.1) is 5.82 Å². The minimum absolute atomic E-state index is 0.262. The predicted octanol–water partition coefficient (Wildman–Crippen LogP) is 2.74. The van der Waals surface area contributed by atoms with Gasteiger partial charge in [-0.05, 0) is 30.3 Å². The quantitative estimate of drug-likeness (QED) is 0.883. The number of thiocarbonyl (C=S) groups is 1. The molecule has 0 aliphatic carbocycles. The van der Waals surface area contributed by atoms with Crippen molar-refractivity contribution >= 4 is 28.8 Å². The monoisotopic (exact) mass is 288 g/mol. The Morgan fingerprint density at radius 1 is 1.15 bits per heavy atom. The zero-order chi connectivity index (χ0) is 14.7. The van der Waals surface area contributed by atoms with E-state index < -0.39 is 5.82 Å². The van der Waals surface area contributed by atoms with Crippen LogP contribution in [0.5, 0.6) is 0 Å². The molecule has 0 saturated carbocycles. The summed E-state index contributed by atoms with van der Waals surface area (Å²) in [5.41, 5.74) is 7.17. The van der Waals surface area contributed by atoms with E-state index in [0.717, 1.165) is 0 Å². The van der Waals surface area contributed by atoms with E-state index in [-0.39, 0.29) is 16.5 Å². The van der Waals surface area contributed by atoms with Crippen LogP contribution >= 0.6 is 12.2 Å². The minimum atomic E-state index is -0.443. The van der Waals surface area contributed by atoms with Crippen LogP contribution in [0.4, 0.5) is 10.1 Å². The Morgan fingerprint density at radius 2 is 1.80 bits per heavy atom. The van der Waals surface area contributed by atoms with E-state index >= 15 is 0 Å². The molecule has 0 spiro atoms. The molecule has 2 aromatic rings. The Labute approximate surface area is 121 Å². The fourth-order valence-electron chi connectivity index (χ4n) is 1.80. The summed E-state index contributed by atoms with van der Waals surface area (Å²) in [5.74, 6) is -0.745. The van der Waals surface area contributed by atoms with Gasteiger partial charge in [0.1, 0.15) is 10.8 Å². The minimum Gasteiger partial charge on any atom is -0.389 e. The van der Waals surface area contributed by atoms with Gasteiger partial charge in [-0.2, -0.15) is 0 Å². The van der Waals surface area contributed by atoms with E-state index in [1.807, 2.05) is 0 Å². The average Bonchev–Trinajstić information content (AvgIpc) is 2.45. The van der Waals surface area contributed by atoms with Crippen LogP contribution in [-0.2, 0) is 0 Å². The number of benzene rings is 2. The standard InChI is InChI=1S/C15H13FN2OS/c1-18(13-7-3-4-10(9-13)14(17)20)15(19)11-5-2-6-12(16)8-11/h2-9H,1H3,(H2,17,20). The largest absolute Gasteiger partial charge is 0.389 e. The first kappa shape index (κ1) is 14.1. The molecule has 0 radical (unpaired) electrons. The van der Waals surface area contributed by atoms with Crippen molar-refractivity contribution in [3.8, 4) is 0 Å². The summed E-state index contributed by atoms with van der Waals surface area (Å²) in [4.78, 5) is 14.0. The Bertz CT molecular complexity index is 672. The number of rotatable bonds is 3. The molecule has 0 heterocycles. The van der Waals surface area contributed by atoms with Crippen LogP contribution in [-0.4, -0.2) is 17.9 Å². The average molecular weight is 288 g/mol. The molecule has 0 atom stereocenters. The molecule has 1 amide bonds. The number of halogens is 1. The third-order valence-electron chi connectivity index (χ3n) is 2.89. The summed E-state index contributed by atoms with van der Waals surface area (Å²) < 4.78 is 13.2. The van der Waals surface area contributed by atoms with E-state index in [1.165, 1.54) is 23.1 Å². The lowest BCUT2D eigenvalue weighted by atomic mass is 10.1. The van der Waals surface area contributed by atoms with Crippen molar-refractivity contribution in [1.82, 2.24) is 0 Å². The molecule has 5 heteroatoms. The summed E-state index contributed by atoms with van der Waals surface area (Å²) in [5, 5.41) is 0. The van der Waals surface area contributed by atoms with Crippen molar-refractivity contribution in [2.24, 2.45) is 5.73 Å². The first-order chi connectivity index (χ1) is 9.49. The van der Waals surface area contributed by atoms with Crippen molar-refractivity contribution in [1.29, 1.82) is 0 Å². The van der Waals surface area contributed by atoms with E-state index in [0.29, 0.717) is 11.3 Å². The molecule has 0 aliphatic heterocycles. The van der Waals surface area contributed by atoms with Crippen molar-refractivity contribution in [2.75, 3.05) is 11.9 Å². The number of hydrogen-bond acceptors (Lipinski definition) is 2. The highest BCUT2D eigenvalue weighted by Crippen LogP contribution is 2.17. The molecule has 0 aromatic heterocycles. The molecule has 2 rings (SSSR count). The van der Waals surface area contributed by atoms with Gasteiger partial charge < -0.3 is 10.6 Å². The van der Waals surface area contributed by atoms with Gasteiger partial charge in [-0.15, -0.1) is 0 Å². The Kier molecular flexibility index (Phi) is 4.10. The second-order valence-electron chi connectivity index (χ2n) is 4.29. The van der Waals surface area contributed by atoms with Crippen LogP contribution in [0.25, 0.3) is 0 Å². The van der Waals surface area contributed by atoms with E-state index in [1.54, 1.807) is 37.4 Å². The fourth-order valence-corrected chi connectivity index (χ4v) is 1.93. The highest BCUT2D eigenvalue weighted by atomic mass is 32.1. The van der Waals surface area contributed by atoms with Gasteiger partial charge in [0.25, 0.3) is 5.91 Å². The number of carbonyl (C=O) groups is 1. The SMILES string of the molecule is CN(C(=O)c1cccc(F)c1)c1cccc(C(N)=S)c1. The summed E-state index contributed by atoms with van der Waals surface area (Å²) in [6, 6.07) is 12.6. The van der Waals surface area contributed by atoms with Gasteiger partial charge in [-0.25, -0.2) is 4.39 Å². The van der Waals surface area contributed by atoms with Gasteiger partial charge >= 0.3 is 0 Å². The summed E-state index contributed by atoms with van der Waals surface area (Å²) in [7, 11) is 1.62. The lowest BCUT2D eigenvalue weighted by Crippen LogP contribution is -2.26. The Morgan fingerprint density at radius 3 is 2.45 bits per heavy atom. The van der Waals surface area contributed by atoms with Crippen LogP contribution < -0.4 is 10.6 Å². The molecule has 0 unspecified atom stereocenters. The van der Waals surface area contributed by atoms with Gasteiger partial charge in [-0.1, -0.05) is 30.4 Å². The maximum atomic E-state index is 13.2. The maximum absolute atomic E-state index is 13.2. The van der Waals surface area contributed by atoms with Crippen molar-refractivity contribution in [2.45, 2.75) is 0 Å². The molecule has 20 heavy (non-hydrogen) atoms. The molecule has 0 bridgehead atoms. The van der Waals surface area contributed by atoms with Gasteiger partial charge in [0.15, 0.2) is 0 Å². The van der Waals surface area contributed by atoms with Crippen LogP contribution in [0.15, 0.2) is 48.5 Å². The lowest BCUT2D eigenvalue weighted by Gasteiger charge is -2.18. The van der Waals surface area contributed by atoms with Gasteiger partial charge in [-0.3, -0.25) is 4.79 Å². The predicted molar refractivity (Wildman–Crippen MR) is 81.5 cm³/mol. The zero-order valence-corrected chi connectivity index (χ0v) is 11.7. The Hall–Kier alpha value is -2.27. The van der Waals surface area contributed by atoms with E-state index in [4.69, 9.17) is 18.0 Å². The number of nitrogens with two attached hydrogens (primary N) is 1. The number of amides is 1. The normalized spacial score (nSPS) is 10.1. The van der Waals surface area contributed by atoms with Gasteiger partial charge in [0, 0.05) is 23.9 Å². The van der Waals surface area contributed by atoms with Gasteiger partial charge in [0.05, 0.1) is 0 Å². The third kappa shape index (κ3) is 3.00. The smallest absolute Gasteiger partial charge is 0.258 e. The van der Waals surface area contributed by atoms with E-state index in [9.17, 15) is 9.18 Å². The molecule has 102 valence electrons. The Balaban J connectivity index is 2.31. The van der Waals surface area contributed by atoms with E-state index in [2.05, 4.69) is 0 Å². The lowest BCUT2D eigenvalue weighted by molar-refractivity contribution is 0.0992. The summed E-state index contributed by atoms with van der Waals surface area (Å²) >= 11 is 4.91. The van der Waals surface area contributed by atoms with Crippen molar-refractivity contribution < 1.29 is 9.18 Å². The van der Waals surface area contributed by atoms with Gasteiger partial charge in [0.2, 0.25) is 0 Å². The highest BCUT2D eigenvalue weighted by Gasteiger charge is 2.14. The fraction of sp³-hybridized carbons (Fsp3) is 0.0667. The topological polar surface area (TPSA) is 46.3 Å². The zero-order valence-electron chi connectivity index (χ0n) is 10.8. The first-order valence-corrected chi connectivity index (χ1v) is 6.33. The maximum Gasteiger partial charge on any atom is 0.258 e. The van der Waals surface area contributed by atoms with Crippen molar-refractivity contribution in [3.63, 3.8) is 0 Å². The number of carbonyl (C=O) groups excluding carboxylic acids is 1. The van der Waals surface area contributed by atoms with Crippen LogP contribution in [0.1, 0.15) is 15.9 Å². The highest BCUT2D eigenvalue weighted by molar-refractivity contribution is 7.80. The molecule has 0 aliphatic rings.